The topological polar surface area (TPSA) is 161 Å². The van der Waals surface area contributed by atoms with E-state index in [9.17, 15) is 29.7 Å². The van der Waals surface area contributed by atoms with E-state index in [1.807, 2.05) is 39.8 Å². The number of esters is 1. The van der Waals surface area contributed by atoms with Crippen molar-refractivity contribution < 1.29 is 53.4 Å². The highest BCUT2D eigenvalue weighted by atomic mass is 16.7. The van der Waals surface area contributed by atoms with Crippen molar-refractivity contribution in [2.75, 3.05) is 27.9 Å². The molecular weight excluding hydrogens is 827 g/mol. The Balaban J connectivity index is 1.32. The highest BCUT2D eigenvalue weighted by molar-refractivity contribution is 5.88. The van der Waals surface area contributed by atoms with Gasteiger partial charge in [-0.15, -0.1) is 0 Å². The molecule has 15 atom stereocenters. The number of aliphatic hydroxyl groups is 3. The van der Waals surface area contributed by atoms with Gasteiger partial charge in [-0.2, -0.15) is 0 Å². The molecule has 0 spiro atoms. The van der Waals surface area contributed by atoms with Crippen LogP contribution in [-0.4, -0.2) is 120 Å². The molecule has 2 aromatic rings. The highest BCUT2D eigenvalue weighted by Gasteiger charge is 2.56. The fourth-order valence-electron chi connectivity index (χ4n) is 11.4. The van der Waals surface area contributed by atoms with E-state index in [2.05, 4.69) is 49.4 Å². The smallest absolute Gasteiger partial charge is 0.329 e. The molecule has 2 bridgehead atoms. The van der Waals surface area contributed by atoms with Crippen LogP contribution >= 0.6 is 0 Å². The Hall–Kier alpha value is -3.49. The van der Waals surface area contributed by atoms with Crippen molar-refractivity contribution in [1.29, 1.82) is 0 Å². The van der Waals surface area contributed by atoms with E-state index in [0.29, 0.717) is 32.1 Å². The summed E-state index contributed by atoms with van der Waals surface area (Å²) in [5.41, 5.74) is 3.01. The van der Waals surface area contributed by atoms with Gasteiger partial charge in [-0.3, -0.25) is 9.59 Å². The third kappa shape index (κ3) is 11.6. The molecule has 2 saturated heterocycles. The second-order valence-electron chi connectivity index (χ2n) is 20.0. The van der Waals surface area contributed by atoms with E-state index >= 15 is 0 Å². The van der Waals surface area contributed by atoms with Crippen LogP contribution in [0.1, 0.15) is 124 Å². The summed E-state index contributed by atoms with van der Waals surface area (Å²) in [5.74, 6) is -5.36. The first-order valence-corrected chi connectivity index (χ1v) is 24.3. The lowest BCUT2D eigenvalue weighted by atomic mass is 9.75. The number of carbonyl (C=O) groups excluding carboxylic acids is 3. The Kier molecular flexibility index (Phi) is 17.7. The fourth-order valence-corrected chi connectivity index (χ4v) is 11.4. The Bertz CT molecular complexity index is 2000. The molecule has 0 radical (unpaired) electrons. The second-order valence-corrected chi connectivity index (χ2v) is 20.0. The van der Waals surface area contributed by atoms with Gasteiger partial charge < -0.3 is 43.9 Å². The third-order valence-electron chi connectivity index (χ3n) is 15.3. The van der Waals surface area contributed by atoms with Crippen molar-refractivity contribution in [1.82, 2.24) is 4.90 Å². The lowest BCUT2D eigenvalue weighted by molar-refractivity contribution is -0.346. The maximum Gasteiger partial charge on any atom is 0.329 e. The van der Waals surface area contributed by atoms with Crippen LogP contribution in [0.15, 0.2) is 65.8 Å². The number of allylic oxidation sites excluding steroid dienone is 3. The van der Waals surface area contributed by atoms with Gasteiger partial charge in [0, 0.05) is 58.0 Å². The lowest BCUT2D eigenvalue weighted by Crippen LogP contribution is -2.66. The fraction of sp³-hybridized carbons (Fsp3) is 0.679. The summed E-state index contributed by atoms with van der Waals surface area (Å²) >= 11 is 0. The van der Waals surface area contributed by atoms with Gasteiger partial charge in [0.15, 0.2) is 6.10 Å². The predicted molar refractivity (Wildman–Crippen MR) is 250 cm³/mol. The highest BCUT2D eigenvalue weighted by Crippen LogP contribution is 2.42. The number of hydrogen-bond acceptors (Lipinski definition) is 11. The first-order chi connectivity index (χ1) is 31.0. The Morgan fingerprint density at radius 2 is 1.57 bits per heavy atom. The Labute approximate surface area is 387 Å². The predicted octanol–water partition coefficient (Wildman–Crippen LogP) is 7.84. The summed E-state index contributed by atoms with van der Waals surface area (Å²) in [6.07, 6.45) is 4.01. The normalized spacial score (nSPS) is 38.6. The van der Waals surface area contributed by atoms with Gasteiger partial charge in [-0.25, -0.2) is 4.79 Å². The average molecular weight is 904 g/mol. The van der Waals surface area contributed by atoms with Gasteiger partial charge in [0.2, 0.25) is 5.79 Å². The molecule has 0 aromatic heterocycles. The van der Waals surface area contributed by atoms with Crippen LogP contribution in [0.2, 0.25) is 0 Å². The molecule has 65 heavy (non-hydrogen) atoms. The number of benzene rings is 2. The van der Waals surface area contributed by atoms with Crippen LogP contribution < -0.4 is 0 Å². The number of rotatable bonds is 7. The minimum absolute atomic E-state index is 0.0503. The van der Waals surface area contributed by atoms with Crippen LogP contribution in [0.5, 0.6) is 0 Å². The molecule has 6 rings (SSSR count). The molecule has 3 fully saturated rings. The van der Waals surface area contributed by atoms with E-state index in [0.717, 1.165) is 30.4 Å². The third-order valence-corrected chi connectivity index (χ3v) is 15.3. The molecular formula is C53H77NO11. The summed E-state index contributed by atoms with van der Waals surface area (Å²) in [5, 5.41) is 38.4. The van der Waals surface area contributed by atoms with E-state index in [1.165, 1.54) is 21.2 Å². The molecule has 15 unspecified atom stereocenters. The van der Waals surface area contributed by atoms with Gasteiger partial charge in [0.1, 0.15) is 24.0 Å². The SMILES string of the molecule is CCC1/C=C(\C)CC(C)CC(OC)C2OC(O)(C(C)CC2OC)C(O)C(=O)N2CCCCC2C(=O)OC(C(C)=CC2CCC(c3ccc4ccccc4c3)C(OC)C2)C(C)C(O)CC1=O. The van der Waals surface area contributed by atoms with Crippen molar-refractivity contribution in [3.63, 3.8) is 0 Å². The number of carbonyl (C=O) groups is 3. The van der Waals surface area contributed by atoms with E-state index in [1.54, 1.807) is 28.3 Å². The molecule has 4 aliphatic rings. The zero-order chi connectivity index (χ0) is 47.2. The zero-order valence-electron chi connectivity index (χ0n) is 40.3. The van der Waals surface area contributed by atoms with E-state index < -0.39 is 78.1 Å². The van der Waals surface area contributed by atoms with Crippen molar-refractivity contribution in [2.45, 2.75) is 173 Å². The minimum Gasteiger partial charge on any atom is -0.456 e. The number of ketones is 1. The molecule has 12 nitrogen and oxygen atoms in total. The number of fused-ring (bicyclic) bond motifs is 4. The van der Waals surface area contributed by atoms with Gasteiger partial charge >= 0.3 is 5.97 Å². The average Bonchev–Trinajstić information content (AvgIpc) is 3.30. The van der Waals surface area contributed by atoms with Crippen LogP contribution in [0, 0.1) is 29.6 Å². The molecule has 3 N–H and O–H groups in total. The molecule has 1 saturated carbocycles. The molecule has 3 heterocycles. The minimum atomic E-state index is -2.31. The number of Topliss-reactive ketones (excluding diaryl/α,β-unsaturated/α-hetero) is 1. The standard InChI is InChI=1S/C53H77NO11/c1-10-37-24-31(2)23-32(3)25-46(62-8)49-47(63-9)27-34(5)53(60,65-49)50(57)51(58)54-22-14-13-17-42(54)52(59)64-48(35(6)43(55)30-44(37)56)33(4)26-36-18-21-41(45(28-36)61-7)40-20-19-38-15-11-12-16-39(38)29-40/h11-12,15-16,19-20,24,26,29,32,34-37,41-43,45-50,55,57,60H,10,13-14,17-18,21-23,25,27-28,30H2,1-9H3/b31-24+,33-26?. The quantitative estimate of drug-likeness (QED) is 0.184. The Morgan fingerprint density at radius 1 is 0.877 bits per heavy atom. The van der Waals surface area contributed by atoms with Gasteiger partial charge in [0.05, 0.1) is 24.4 Å². The number of aliphatic hydroxyl groups excluding tert-OH is 2. The van der Waals surface area contributed by atoms with Crippen LogP contribution in [-0.2, 0) is 38.1 Å². The molecule has 2 aromatic carbocycles. The van der Waals surface area contributed by atoms with Gasteiger partial charge in [-0.1, -0.05) is 87.9 Å². The van der Waals surface area contributed by atoms with Crippen molar-refractivity contribution in [3.8, 4) is 0 Å². The first-order valence-electron chi connectivity index (χ1n) is 24.3. The summed E-state index contributed by atoms with van der Waals surface area (Å²) in [4.78, 5) is 44.4. The van der Waals surface area contributed by atoms with Gasteiger partial charge in [0.25, 0.3) is 5.91 Å². The number of ether oxygens (including phenoxy) is 5. The number of piperidine rings is 1. The monoisotopic (exact) mass is 904 g/mol. The summed E-state index contributed by atoms with van der Waals surface area (Å²) in [7, 11) is 4.89. The van der Waals surface area contributed by atoms with Crippen LogP contribution in [0.25, 0.3) is 10.8 Å². The largest absolute Gasteiger partial charge is 0.456 e. The van der Waals surface area contributed by atoms with E-state index in [-0.39, 0.29) is 55.4 Å². The first kappa shape index (κ1) is 50.9. The number of nitrogens with zero attached hydrogens (tertiary/aromatic N) is 1. The molecule has 12 heteroatoms. The van der Waals surface area contributed by atoms with Gasteiger partial charge in [-0.05, 0) is 112 Å². The Morgan fingerprint density at radius 3 is 2.26 bits per heavy atom. The molecule has 1 aliphatic carbocycles. The maximum absolute atomic E-state index is 14.6. The van der Waals surface area contributed by atoms with Crippen LogP contribution in [0.4, 0.5) is 0 Å². The summed E-state index contributed by atoms with van der Waals surface area (Å²) in [6.45, 7) is 11.6. The molecule has 3 aliphatic heterocycles. The number of amides is 1. The van der Waals surface area contributed by atoms with Crippen molar-refractivity contribution in [2.24, 2.45) is 29.6 Å². The van der Waals surface area contributed by atoms with E-state index in [4.69, 9.17) is 23.7 Å². The van der Waals surface area contributed by atoms with Crippen LogP contribution in [0.3, 0.4) is 0 Å². The maximum atomic E-state index is 14.6. The number of hydrogen-bond donors (Lipinski definition) is 3. The number of cyclic esters (lactones) is 1. The zero-order valence-corrected chi connectivity index (χ0v) is 40.3. The van der Waals surface area contributed by atoms with Crippen molar-refractivity contribution >= 4 is 28.4 Å². The lowest BCUT2D eigenvalue weighted by Gasteiger charge is -2.49. The van der Waals surface area contributed by atoms with Crippen molar-refractivity contribution in [3.05, 3.63) is 71.3 Å². The number of methoxy groups -OCH3 is 3. The summed E-state index contributed by atoms with van der Waals surface area (Å²) < 4.78 is 30.8. The molecule has 1 amide bonds. The summed E-state index contributed by atoms with van der Waals surface area (Å²) in [6, 6.07) is 13.9. The molecule has 360 valence electrons. The second kappa shape index (κ2) is 22.5.